The molecule has 6 heteroatoms. The summed E-state index contributed by atoms with van der Waals surface area (Å²) in [6, 6.07) is 7.93. The van der Waals surface area contributed by atoms with Crippen molar-refractivity contribution >= 4 is 17.6 Å². The van der Waals surface area contributed by atoms with E-state index in [1.165, 1.54) is 5.56 Å². The molecule has 0 heterocycles. The first-order chi connectivity index (χ1) is 11.3. The molecule has 0 aromatic heterocycles. The summed E-state index contributed by atoms with van der Waals surface area (Å²) < 4.78 is 10.3. The number of guanidine groups is 1. The summed E-state index contributed by atoms with van der Waals surface area (Å²) in [6.07, 6.45) is 1.83. The number of halogens is 1. The highest BCUT2D eigenvalue weighted by molar-refractivity contribution is 6.30. The Bertz CT molecular complexity index is 438. The number of hydrogen-bond donors (Lipinski definition) is 2. The Labute approximate surface area is 144 Å². The zero-order valence-electron chi connectivity index (χ0n) is 14.1. The highest BCUT2D eigenvalue weighted by Gasteiger charge is 1.98. The van der Waals surface area contributed by atoms with Crippen LogP contribution in [0.4, 0.5) is 0 Å². The summed E-state index contributed by atoms with van der Waals surface area (Å²) in [6.45, 7) is 6.46. The molecule has 0 spiro atoms. The number of methoxy groups -OCH3 is 1. The van der Waals surface area contributed by atoms with E-state index in [1.807, 2.05) is 24.3 Å². The van der Waals surface area contributed by atoms with Crippen LogP contribution in [0.1, 0.15) is 18.9 Å². The number of hydrogen-bond acceptors (Lipinski definition) is 3. The van der Waals surface area contributed by atoms with E-state index >= 15 is 0 Å². The number of nitrogens with one attached hydrogen (secondary N) is 2. The van der Waals surface area contributed by atoms with Crippen molar-refractivity contribution in [2.45, 2.75) is 19.8 Å². The predicted octanol–water partition coefficient (Wildman–Crippen LogP) is 2.49. The fraction of sp³-hybridized carbons (Fsp3) is 0.588. The molecule has 0 saturated carbocycles. The Kier molecular flexibility index (Phi) is 11.3. The fourth-order valence-corrected chi connectivity index (χ4v) is 2.05. The summed E-state index contributed by atoms with van der Waals surface area (Å²) in [7, 11) is 1.67. The molecule has 0 aliphatic rings. The number of benzene rings is 1. The molecule has 0 amide bonds. The van der Waals surface area contributed by atoms with Gasteiger partial charge < -0.3 is 20.1 Å². The van der Waals surface area contributed by atoms with Gasteiger partial charge in [0.25, 0.3) is 0 Å². The van der Waals surface area contributed by atoms with Gasteiger partial charge in [0.05, 0.1) is 13.2 Å². The molecule has 0 aliphatic heterocycles. The Hall–Kier alpha value is -1.30. The average molecular weight is 342 g/mol. The van der Waals surface area contributed by atoms with Crippen molar-refractivity contribution < 1.29 is 9.47 Å². The zero-order chi connectivity index (χ0) is 16.8. The number of ether oxygens (including phenoxy) is 2. The van der Waals surface area contributed by atoms with E-state index in [9.17, 15) is 0 Å². The molecule has 2 N–H and O–H groups in total. The first-order valence-corrected chi connectivity index (χ1v) is 8.47. The van der Waals surface area contributed by atoms with Crippen LogP contribution in [0.2, 0.25) is 5.02 Å². The summed E-state index contributed by atoms with van der Waals surface area (Å²) in [5.41, 5.74) is 1.25. The highest BCUT2D eigenvalue weighted by Crippen LogP contribution is 2.09. The first kappa shape index (κ1) is 19.7. The highest BCUT2D eigenvalue weighted by atomic mass is 35.5. The molecule has 0 radical (unpaired) electrons. The fourth-order valence-electron chi connectivity index (χ4n) is 1.92. The van der Waals surface area contributed by atoms with Crippen molar-refractivity contribution in [3.8, 4) is 0 Å². The van der Waals surface area contributed by atoms with Gasteiger partial charge in [0.15, 0.2) is 5.96 Å². The number of rotatable bonds is 11. The number of aliphatic imine (C=N–C) groups is 1. The molecule has 130 valence electrons. The van der Waals surface area contributed by atoms with Crippen molar-refractivity contribution in [1.82, 2.24) is 10.6 Å². The maximum atomic E-state index is 5.89. The van der Waals surface area contributed by atoms with E-state index in [-0.39, 0.29) is 0 Å². The molecule has 1 aromatic rings. The maximum Gasteiger partial charge on any atom is 0.191 e. The molecule has 0 atom stereocenters. The Balaban J connectivity index is 2.22. The van der Waals surface area contributed by atoms with Gasteiger partial charge in [-0.1, -0.05) is 23.7 Å². The van der Waals surface area contributed by atoms with Crippen LogP contribution in [0, 0.1) is 0 Å². The lowest BCUT2D eigenvalue weighted by molar-refractivity contribution is 0.0702. The van der Waals surface area contributed by atoms with Crippen LogP contribution in [-0.4, -0.2) is 52.5 Å². The van der Waals surface area contributed by atoms with Gasteiger partial charge in [0.2, 0.25) is 0 Å². The molecular formula is C17H28ClN3O2. The van der Waals surface area contributed by atoms with E-state index in [4.69, 9.17) is 21.1 Å². The van der Waals surface area contributed by atoms with Crippen molar-refractivity contribution in [2.24, 2.45) is 4.99 Å². The molecule has 1 rings (SSSR count). The summed E-state index contributed by atoms with van der Waals surface area (Å²) in [4.78, 5) is 4.54. The monoisotopic (exact) mass is 341 g/mol. The van der Waals surface area contributed by atoms with Gasteiger partial charge in [-0.05, 0) is 37.5 Å². The maximum absolute atomic E-state index is 5.89. The van der Waals surface area contributed by atoms with Gasteiger partial charge in [0.1, 0.15) is 0 Å². The molecule has 0 unspecified atom stereocenters. The van der Waals surface area contributed by atoms with Gasteiger partial charge in [-0.25, -0.2) is 0 Å². The van der Waals surface area contributed by atoms with Gasteiger partial charge in [-0.15, -0.1) is 0 Å². The number of nitrogens with zero attached hydrogens (tertiary/aromatic N) is 1. The van der Waals surface area contributed by atoms with Crippen LogP contribution in [0.25, 0.3) is 0 Å². The van der Waals surface area contributed by atoms with Crippen LogP contribution < -0.4 is 10.6 Å². The second kappa shape index (κ2) is 13.2. The Morgan fingerprint density at radius 2 is 1.91 bits per heavy atom. The first-order valence-electron chi connectivity index (χ1n) is 8.09. The molecule has 0 aliphatic carbocycles. The predicted molar refractivity (Wildman–Crippen MR) is 96.4 cm³/mol. The minimum atomic E-state index is 0.637. The Morgan fingerprint density at radius 1 is 1.13 bits per heavy atom. The van der Waals surface area contributed by atoms with Crippen molar-refractivity contribution in [2.75, 3.05) is 46.6 Å². The minimum absolute atomic E-state index is 0.637. The quantitative estimate of drug-likeness (QED) is 0.369. The normalized spacial score (nSPS) is 11.5. The molecular weight excluding hydrogens is 314 g/mol. The van der Waals surface area contributed by atoms with Crippen LogP contribution in [0.3, 0.4) is 0 Å². The average Bonchev–Trinajstić information content (AvgIpc) is 2.56. The minimum Gasteiger partial charge on any atom is -0.382 e. The van der Waals surface area contributed by atoms with Crippen molar-refractivity contribution in [3.05, 3.63) is 34.9 Å². The second-order valence-corrected chi connectivity index (χ2v) is 5.46. The van der Waals surface area contributed by atoms with Gasteiger partial charge in [-0.2, -0.15) is 0 Å². The summed E-state index contributed by atoms with van der Waals surface area (Å²) >= 11 is 5.89. The molecule has 0 bridgehead atoms. The molecule has 23 heavy (non-hydrogen) atoms. The van der Waals surface area contributed by atoms with E-state index < -0.39 is 0 Å². The van der Waals surface area contributed by atoms with E-state index in [0.29, 0.717) is 19.8 Å². The lowest BCUT2D eigenvalue weighted by Crippen LogP contribution is -2.38. The third-order valence-electron chi connectivity index (χ3n) is 3.11. The van der Waals surface area contributed by atoms with Crippen molar-refractivity contribution in [3.63, 3.8) is 0 Å². The molecule has 1 aromatic carbocycles. The van der Waals surface area contributed by atoms with E-state index in [1.54, 1.807) is 7.11 Å². The van der Waals surface area contributed by atoms with Gasteiger partial charge in [-0.3, -0.25) is 4.99 Å². The van der Waals surface area contributed by atoms with Crippen LogP contribution in [-0.2, 0) is 15.9 Å². The molecule has 5 nitrogen and oxygen atoms in total. The largest absolute Gasteiger partial charge is 0.382 e. The van der Waals surface area contributed by atoms with Crippen LogP contribution in [0.15, 0.2) is 29.3 Å². The van der Waals surface area contributed by atoms with E-state index in [0.717, 1.165) is 43.5 Å². The second-order valence-electron chi connectivity index (χ2n) is 5.02. The van der Waals surface area contributed by atoms with Crippen molar-refractivity contribution in [1.29, 1.82) is 0 Å². The van der Waals surface area contributed by atoms with Crippen LogP contribution >= 0.6 is 11.6 Å². The Morgan fingerprint density at radius 3 is 2.61 bits per heavy atom. The molecule has 0 saturated heterocycles. The lowest BCUT2D eigenvalue weighted by atomic mass is 10.1. The van der Waals surface area contributed by atoms with Crippen LogP contribution in [0.5, 0.6) is 0 Å². The van der Waals surface area contributed by atoms with Gasteiger partial charge >= 0.3 is 0 Å². The summed E-state index contributed by atoms with van der Waals surface area (Å²) in [5.74, 6) is 0.846. The zero-order valence-corrected chi connectivity index (χ0v) is 14.9. The van der Waals surface area contributed by atoms with Gasteiger partial charge in [0, 0.05) is 38.4 Å². The molecule has 0 fully saturated rings. The third kappa shape index (κ3) is 10.2. The standard InChI is InChI=1S/C17H28ClN3O2/c1-3-19-17(20-10-4-12-23-14-13-22-2)21-11-9-15-5-7-16(18)8-6-15/h5-8H,3-4,9-14H2,1-2H3,(H2,19,20,21). The third-order valence-corrected chi connectivity index (χ3v) is 3.36. The topological polar surface area (TPSA) is 54.9 Å². The SMILES string of the molecule is CCNC(=NCCCOCCOC)NCCc1ccc(Cl)cc1. The van der Waals surface area contributed by atoms with E-state index in [2.05, 4.69) is 22.5 Å². The lowest BCUT2D eigenvalue weighted by Gasteiger charge is -2.11. The summed E-state index contributed by atoms with van der Waals surface area (Å²) in [5, 5.41) is 7.35. The smallest absolute Gasteiger partial charge is 0.191 e.